The number of halogens is 1. The SMILES string of the molecule is Br.C=CCNC1=C2C[C@@H](C)CC(OC)[C@H](O)[C@@H](C)/C=C(\C)[C@H](OC(N)=O)[C@@H](OC)/C=C\C=C(/C)C(=O)NC(=CC1=O)C2=O.C=CCNc1c(O)cc2c(O)c1C[C@@H](C)CC(OC)[C@H](O)[C@@H](C)/C=C(\C)[C@H](OC(N)=O)[C@@H](OC)/C=C\C=C(/C)C(=O)N2. The molecule has 1 aromatic rings. The number of methoxy groups -OCH3 is 4. The van der Waals surface area contributed by atoms with Crippen LogP contribution >= 0.6 is 17.0 Å². The summed E-state index contributed by atoms with van der Waals surface area (Å²) in [6.07, 6.45) is 9.98. The van der Waals surface area contributed by atoms with E-state index in [0.29, 0.717) is 53.8 Å². The summed E-state index contributed by atoms with van der Waals surface area (Å²) in [6, 6.07) is 1.28. The van der Waals surface area contributed by atoms with Crippen molar-refractivity contribution < 1.29 is 77.6 Å². The third-order valence-electron chi connectivity index (χ3n) is 14.5. The van der Waals surface area contributed by atoms with E-state index in [1.165, 1.54) is 46.7 Å². The minimum Gasteiger partial charge on any atom is -0.506 e. The van der Waals surface area contributed by atoms with Crippen molar-refractivity contribution in [3.8, 4) is 11.5 Å². The molecule has 23 heteroatoms. The van der Waals surface area contributed by atoms with Crippen molar-refractivity contribution in [2.45, 2.75) is 130 Å². The number of ketones is 2. The average molecular weight is 1250 g/mol. The van der Waals surface area contributed by atoms with Crippen LogP contribution in [0.5, 0.6) is 11.5 Å². The summed E-state index contributed by atoms with van der Waals surface area (Å²) < 4.78 is 33.2. The van der Waals surface area contributed by atoms with Crippen LogP contribution in [-0.4, -0.2) is 146 Å². The van der Waals surface area contributed by atoms with Crippen LogP contribution < -0.4 is 32.7 Å². The Morgan fingerprint density at radius 2 is 1.14 bits per heavy atom. The molecule has 1 aliphatic carbocycles. The standard InChI is InChI=1S/C31H45N3O8.C31H43N3O8.BrH/c2*1-8-12-33-26-21-13-17(2)14-25(41-7)27(36)19(4)15-20(5)29(42-31(32)39)24(40-6)11-9-10-18(3)30(38)34-22(28(21)37)16-23(26)35;/h8-11,15-17,19,24-25,27,29,33,35-37H,1,12-14H2,2-7H3,(H2,32,39)(H,34,38);8-11,15-17,19,24-25,27,29,33,36H,1,12-14H2,2-7H3,(H2,32,39)(H,34,38);1H/b2*11-9-,18-10+,20-15+;/t2*17-,19+,24+,25?,27-,29+;/m11./s1. The van der Waals surface area contributed by atoms with E-state index in [0.717, 1.165) is 6.08 Å². The summed E-state index contributed by atoms with van der Waals surface area (Å²) in [6.45, 7) is 22.0. The molecule has 0 fully saturated rings. The number of carbonyl (C=O) groups excluding carboxylic acids is 6. The molecule has 2 aliphatic heterocycles. The van der Waals surface area contributed by atoms with Crippen LogP contribution in [0, 0.1) is 23.7 Å². The lowest BCUT2D eigenvalue weighted by Gasteiger charge is -2.30. The predicted octanol–water partition coefficient (Wildman–Crippen LogP) is 7.27. The lowest BCUT2D eigenvalue weighted by atomic mass is 9.85. The maximum atomic E-state index is 13.5. The number of fused-ring (bicyclic) bond motifs is 4. The van der Waals surface area contributed by atoms with Gasteiger partial charge >= 0.3 is 12.2 Å². The first kappa shape index (κ1) is 74.0. The molecule has 0 spiro atoms. The summed E-state index contributed by atoms with van der Waals surface area (Å²) in [5.41, 5.74) is 13.4. The van der Waals surface area contributed by atoms with Gasteiger partial charge in [-0.05, 0) is 76.4 Å². The molecule has 12 N–H and O–H groups in total. The van der Waals surface area contributed by atoms with E-state index in [-0.39, 0.29) is 81.5 Å². The van der Waals surface area contributed by atoms with Gasteiger partial charge in [0.05, 0.1) is 47.2 Å². The highest BCUT2D eigenvalue weighted by Crippen LogP contribution is 2.43. The number of aliphatic hydroxyl groups excluding tert-OH is 2. The Hall–Kier alpha value is -7.12. The van der Waals surface area contributed by atoms with Gasteiger partial charge in [0, 0.05) is 87.8 Å². The molecule has 2 heterocycles. The van der Waals surface area contributed by atoms with Gasteiger partial charge in [-0.3, -0.25) is 19.2 Å². The molecule has 22 nitrogen and oxygen atoms in total. The summed E-state index contributed by atoms with van der Waals surface area (Å²) in [4.78, 5) is 76.0. The van der Waals surface area contributed by atoms with E-state index in [2.05, 4.69) is 34.4 Å². The number of Topliss-reactive ketones (excluding diaryl/α,β-unsaturated/α-hetero) is 1. The number of ether oxygens (including phenoxy) is 6. The molecule has 470 valence electrons. The monoisotopic (exact) mass is 1250 g/mol. The summed E-state index contributed by atoms with van der Waals surface area (Å²) >= 11 is 0. The van der Waals surface area contributed by atoms with Crippen LogP contribution in [0.15, 0.2) is 125 Å². The van der Waals surface area contributed by atoms with Crippen molar-refractivity contribution in [1.29, 1.82) is 0 Å². The van der Waals surface area contributed by atoms with Gasteiger partial charge in [-0.1, -0.05) is 88.5 Å². The number of anilines is 2. The third-order valence-corrected chi connectivity index (χ3v) is 14.5. The molecule has 0 saturated carbocycles. The second kappa shape index (κ2) is 36.0. The fourth-order valence-electron chi connectivity index (χ4n) is 9.93. The molecule has 0 aromatic heterocycles. The number of hydrogen-bond donors (Lipinski definition) is 10. The van der Waals surface area contributed by atoms with Crippen molar-refractivity contribution in [3.63, 3.8) is 0 Å². The second-order valence-electron chi connectivity index (χ2n) is 21.2. The molecule has 0 saturated heterocycles. The zero-order chi connectivity index (χ0) is 63.1. The Kier molecular flexibility index (Phi) is 31.3. The number of aromatic hydroxyl groups is 2. The normalized spacial score (nSPS) is 30.1. The molecular weight excluding hydrogens is 1160 g/mol. The zero-order valence-corrected chi connectivity index (χ0v) is 52.5. The van der Waals surface area contributed by atoms with Gasteiger partial charge in [-0.15, -0.1) is 30.1 Å². The topological polar surface area (TPSA) is 339 Å². The Balaban J connectivity index is 0.000000573. The minimum absolute atomic E-state index is 0. The number of phenols is 2. The molecule has 3 aliphatic rings. The van der Waals surface area contributed by atoms with Crippen molar-refractivity contribution in [2.75, 3.05) is 52.2 Å². The fourth-order valence-corrected chi connectivity index (χ4v) is 9.93. The van der Waals surface area contributed by atoms with E-state index in [9.17, 15) is 49.2 Å². The van der Waals surface area contributed by atoms with Gasteiger partial charge < -0.3 is 81.6 Å². The van der Waals surface area contributed by atoms with Gasteiger partial charge in [-0.2, -0.15) is 0 Å². The van der Waals surface area contributed by atoms with Crippen molar-refractivity contribution in [3.05, 3.63) is 131 Å². The molecule has 0 radical (unpaired) electrons. The number of allylic oxidation sites excluding steroid dienone is 6. The first-order valence-electron chi connectivity index (χ1n) is 27.6. The van der Waals surface area contributed by atoms with Crippen LogP contribution in [0.4, 0.5) is 21.0 Å². The van der Waals surface area contributed by atoms with Crippen LogP contribution in [-0.2, 0) is 54.0 Å². The van der Waals surface area contributed by atoms with Gasteiger partial charge in [0.1, 0.15) is 23.7 Å². The maximum Gasteiger partial charge on any atom is 0.405 e. The predicted molar refractivity (Wildman–Crippen MR) is 331 cm³/mol. The van der Waals surface area contributed by atoms with Gasteiger partial charge in [-0.25, -0.2) is 9.59 Å². The van der Waals surface area contributed by atoms with E-state index in [1.54, 1.807) is 83.2 Å². The number of phenolic OH excluding ortho intramolecular Hbond substituents is 2. The second-order valence-corrected chi connectivity index (χ2v) is 21.2. The number of amides is 4. The Morgan fingerprint density at radius 3 is 1.58 bits per heavy atom. The number of primary amides is 2. The molecule has 4 rings (SSSR count). The van der Waals surface area contributed by atoms with Crippen LogP contribution in [0.1, 0.15) is 80.2 Å². The van der Waals surface area contributed by atoms with Crippen LogP contribution in [0.3, 0.4) is 0 Å². The first-order chi connectivity index (χ1) is 39.7. The van der Waals surface area contributed by atoms with Crippen LogP contribution in [0.2, 0.25) is 0 Å². The van der Waals surface area contributed by atoms with Gasteiger partial charge in [0.25, 0.3) is 11.8 Å². The molecular formula is C62H89BrN6O16. The molecule has 12 atom stereocenters. The largest absolute Gasteiger partial charge is 0.506 e. The van der Waals surface area contributed by atoms with Crippen molar-refractivity contribution >= 4 is 63.9 Å². The fraction of sp³-hybridized carbons (Fsp3) is 0.484. The number of nitrogens with two attached hydrogens (primary N) is 2. The molecule has 2 unspecified atom stereocenters. The third kappa shape index (κ3) is 21.7. The highest BCUT2D eigenvalue weighted by atomic mass is 79.9. The Bertz CT molecular complexity index is 2800. The minimum atomic E-state index is -1.00. The molecule has 1 aromatic carbocycles. The number of aliphatic hydroxyl groups is 2. The molecule has 85 heavy (non-hydrogen) atoms. The van der Waals surface area contributed by atoms with Crippen molar-refractivity contribution in [2.24, 2.45) is 35.1 Å². The quantitative estimate of drug-likeness (QED) is 0.0425. The van der Waals surface area contributed by atoms with E-state index < -0.39 is 96.2 Å². The van der Waals surface area contributed by atoms with E-state index >= 15 is 0 Å². The number of hydrogen-bond acceptors (Lipinski definition) is 18. The van der Waals surface area contributed by atoms with Crippen LogP contribution in [0.25, 0.3) is 0 Å². The summed E-state index contributed by atoms with van der Waals surface area (Å²) in [5, 5.41) is 55.8. The molecule has 4 amide bonds. The molecule has 4 bridgehead atoms. The lowest BCUT2D eigenvalue weighted by molar-refractivity contribution is -0.120. The zero-order valence-electron chi connectivity index (χ0n) is 50.8. The van der Waals surface area contributed by atoms with E-state index in [4.69, 9.17) is 39.9 Å². The number of rotatable bonds is 12. The Labute approximate surface area is 509 Å². The van der Waals surface area contributed by atoms with Gasteiger partial charge in [0.2, 0.25) is 11.6 Å². The average Bonchev–Trinajstić information content (AvgIpc) is 3.63. The van der Waals surface area contributed by atoms with E-state index in [1.807, 2.05) is 20.8 Å². The van der Waals surface area contributed by atoms with Gasteiger partial charge in [0.15, 0.2) is 12.2 Å². The lowest BCUT2D eigenvalue weighted by Crippen LogP contribution is -2.37. The number of nitrogens with one attached hydrogen (secondary N) is 4. The summed E-state index contributed by atoms with van der Waals surface area (Å²) in [7, 11) is 5.87. The Morgan fingerprint density at radius 1 is 0.694 bits per heavy atom. The summed E-state index contributed by atoms with van der Waals surface area (Å²) in [5.74, 6) is -3.55. The first-order valence-corrected chi connectivity index (χ1v) is 27.6. The highest BCUT2D eigenvalue weighted by Gasteiger charge is 2.35. The maximum absolute atomic E-state index is 13.5. The highest BCUT2D eigenvalue weighted by molar-refractivity contribution is 8.93. The smallest absolute Gasteiger partial charge is 0.405 e. The van der Waals surface area contributed by atoms with Crippen molar-refractivity contribution in [1.82, 2.24) is 10.6 Å². The number of benzene rings is 1. The number of carbonyl (C=O) groups is 6.